The monoisotopic (exact) mass is 636 g/mol. The topological polar surface area (TPSA) is 85.7 Å². The van der Waals surface area contributed by atoms with Crippen LogP contribution in [0.3, 0.4) is 0 Å². The highest BCUT2D eigenvalue weighted by atomic mass is 79.9. The van der Waals surface area contributed by atoms with Crippen LogP contribution in [-0.4, -0.2) is 35.2 Å². The summed E-state index contributed by atoms with van der Waals surface area (Å²) in [4.78, 5) is 12.2. The van der Waals surface area contributed by atoms with Crippen molar-refractivity contribution in [3.8, 4) is 22.1 Å². The van der Waals surface area contributed by atoms with Gasteiger partial charge in [0, 0.05) is 21.2 Å². The molecule has 0 aliphatic heterocycles. The van der Waals surface area contributed by atoms with Crippen LogP contribution < -0.4 is 14.9 Å². The zero-order valence-corrected chi connectivity index (χ0v) is 24.0. The van der Waals surface area contributed by atoms with Gasteiger partial charge in [0.1, 0.15) is 11.6 Å². The normalized spacial score (nSPS) is 11.0. The number of benzene rings is 3. The van der Waals surface area contributed by atoms with Gasteiger partial charge in [-0.1, -0.05) is 82.7 Å². The van der Waals surface area contributed by atoms with Crippen LogP contribution in [0.5, 0.6) is 11.5 Å². The number of hydrazone groups is 1. The Morgan fingerprint density at radius 2 is 1.97 bits per heavy atom. The van der Waals surface area contributed by atoms with Crippen molar-refractivity contribution < 1.29 is 14.3 Å². The smallest absolute Gasteiger partial charge is 0.250 e. The Morgan fingerprint density at radius 1 is 1.16 bits per heavy atom. The van der Waals surface area contributed by atoms with Crippen LogP contribution in [0.2, 0.25) is 10.0 Å². The maximum atomic E-state index is 12.2. The van der Waals surface area contributed by atoms with Crippen molar-refractivity contribution in [2.45, 2.75) is 10.9 Å². The number of hydrogen-bond acceptors (Lipinski definition) is 8. The average Bonchev–Trinajstić information content (AvgIpc) is 3.37. The summed E-state index contributed by atoms with van der Waals surface area (Å²) in [6.45, 7) is 0.230. The number of hydrogen-bond donors (Lipinski definition) is 1. The first-order valence-corrected chi connectivity index (χ1v) is 14.1. The fourth-order valence-corrected chi connectivity index (χ4v) is 5.73. The lowest BCUT2D eigenvalue weighted by Gasteiger charge is -2.14. The zero-order chi connectivity index (χ0) is 26.2. The molecule has 0 radical (unpaired) electrons. The molecule has 0 spiro atoms. The molecule has 0 bridgehead atoms. The second-order valence-electron chi connectivity index (χ2n) is 7.38. The average molecular weight is 638 g/mol. The van der Waals surface area contributed by atoms with Crippen molar-refractivity contribution >= 4 is 74.4 Å². The molecule has 190 valence electrons. The summed E-state index contributed by atoms with van der Waals surface area (Å²) < 4.78 is 12.8. The van der Waals surface area contributed by atoms with E-state index in [0.29, 0.717) is 35.9 Å². The largest absolute Gasteiger partial charge is 0.493 e. The maximum Gasteiger partial charge on any atom is 0.250 e. The van der Waals surface area contributed by atoms with Crippen LogP contribution in [0.15, 0.2) is 74.6 Å². The lowest BCUT2D eigenvalue weighted by atomic mass is 10.2. The van der Waals surface area contributed by atoms with Crippen LogP contribution in [-0.2, 0) is 11.4 Å². The van der Waals surface area contributed by atoms with Crippen LogP contribution in [0, 0.1) is 0 Å². The molecule has 1 heterocycles. The number of amides is 1. The van der Waals surface area contributed by atoms with Gasteiger partial charge >= 0.3 is 0 Å². The van der Waals surface area contributed by atoms with E-state index in [1.54, 1.807) is 37.4 Å². The number of ether oxygens (including phenoxy) is 2. The predicted octanol–water partition coefficient (Wildman–Crippen LogP) is 7.10. The lowest BCUT2D eigenvalue weighted by molar-refractivity contribution is -0.118. The molecule has 3 aromatic carbocycles. The van der Waals surface area contributed by atoms with Crippen molar-refractivity contribution in [1.29, 1.82) is 0 Å². The van der Waals surface area contributed by atoms with E-state index in [1.807, 2.05) is 30.3 Å². The molecule has 1 aromatic heterocycles. The fraction of sp³-hybridized carbons (Fsp3) is 0.120. The van der Waals surface area contributed by atoms with E-state index in [4.69, 9.17) is 32.7 Å². The number of methoxy groups -OCH3 is 1. The molecule has 0 aliphatic rings. The number of halogens is 3. The molecule has 4 rings (SSSR count). The van der Waals surface area contributed by atoms with Gasteiger partial charge in [-0.3, -0.25) is 4.79 Å². The lowest BCUT2D eigenvalue weighted by Crippen LogP contribution is -2.19. The summed E-state index contributed by atoms with van der Waals surface area (Å²) in [5.74, 6) is 0.906. The van der Waals surface area contributed by atoms with Crippen molar-refractivity contribution in [3.63, 3.8) is 0 Å². The minimum atomic E-state index is -0.261. The number of thioether (sulfide) groups is 1. The summed E-state index contributed by atoms with van der Waals surface area (Å²) >= 11 is 18.4. The minimum Gasteiger partial charge on any atom is -0.493 e. The van der Waals surface area contributed by atoms with Gasteiger partial charge in [0.15, 0.2) is 15.8 Å². The Hall–Kier alpha value is -2.63. The SMILES string of the molecule is COc1cc(C=NNC(=O)CSc2nnc(-c3ccccc3)s2)cc(Br)c1OCc1ccc(Cl)cc1Cl. The highest BCUT2D eigenvalue weighted by molar-refractivity contribution is 9.10. The van der Waals surface area contributed by atoms with E-state index in [-0.39, 0.29) is 18.3 Å². The van der Waals surface area contributed by atoms with Gasteiger partial charge in [-0.15, -0.1) is 10.2 Å². The van der Waals surface area contributed by atoms with Crippen molar-refractivity contribution in [1.82, 2.24) is 15.6 Å². The van der Waals surface area contributed by atoms with Gasteiger partial charge in [-0.25, -0.2) is 5.43 Å². The second kappa shape index (κ2) is 13.3. The zero-order valence-electron chi connectivity index (χ0n) is 19.3. The number of aromatic nitrogens is 2. The Balaban J connectivity index is 1.31. The van der Waals surface area contributed by atoms with Crippen LogP contribution in [0.25, 0.3) is 10.6 Å². The molecule has 1 N–H and O–H groups in total. The van der Waals surface area contributed by atoms with Gasteiger partial charge in [0.05, 0.1) is 23.5 Å². The van der Waals surface area contributed by atoms with Gasteiger partial charge in [0.2, 0.25) is 0 Å². The maximum absolute atomic E-state index is 12.2. The first kappa shape index (κ1) is 27.4. The van der Waals surface area contributed by atoms with E-state index in [9.17, 15) is 4.79 Å². The molecule has 0 fully saturated rings. The van der Waals surface area contributed by atoms with Crippen molar-refractivity contribution in [2.75, 3.05) is 12.9 Å². The second-order valence-corrected chi connectivity index (χ2v) is 11.3. The van der Waals surface area contributed by atoms with Gasteiger partial charge in [-0.2, -0.15) is 5.10 Å². The third-order valence-electron chi connectivity index (χ3n) is 4.80. The molecule has 37 heavy (non-hydrogen) atoms. The summed E-state index contributed by atoms with van der Waals surface area (Å²) in [6.07, 6.45) is 1.52. The standard InChI is InChI=1S/C25H19BrCl2N4O3S2/c1-34-21-10-15(9-19(26)23(21)35-13-17-7-8-18(27)11-20(17)28)12-29-30-22(33)14-36-25-32-31-24(37-25)16-5-3-2-4-6-16/h2-12H,13-14H2,1H3,(H,30,33). The highest BCUT2D eigenvalue weighted by Crippen LogP contribution is 2.37. The molecule has 7 nitrogen and oxygen atoms in total. The van der Waals surface area contributed by atoms with E-state index in [1.165, 1.54) is 29.3 Å². The molecule has 0 saturated carbocycles. The number of rotatable bonds is 10. The first-order chi connectivity index (χ1) is 17.9. The van der Waals surface area contributed by atoms with Crippen molar-refractivity contribution in [3.05, 3.63) is 86.3 Å². The first-order valence-electron chi connectivity index (χ1n) is 10.7. The summed E-state index contributed by atoms with van der Waals surface area (Å²) in [5, 5.41) is 14.3. The Morgan fingerprint density at radius 3 is 2.73 bits per heavy atom. The summed E-state index contributed by atoms with van der Waals surface area (Å²) in [7, 11) is 1.54. The number of carbonyl (C=O) groups excluding carboxylic acids is 1. The molecule has 0 aliphatic carbocycles. The van der Waals surface area contributed by atoms with Crippen LogP contribution in [0.1, 0.15) is 11.1 Å². The van der Waals surface area contributed by atoms with E-state index >= 15 is 0 Å². The van der Waals surface area contributed by atoms with Crippen LogP contribution in [0.4, 0.5) is 0 Å². The Bertz CT molecular complexity index is 1420. The Labute approximate surface area is 240 Å². The van der Waals surface area contributed by atoms with Gasteiger partial charge in [-0.05, 0) is 45.8 Å². The van der Waals surface area contributed by atoms with Gasteiger partial charge in [0.25, 0.3) is 5.91 Å². The molecule has 12 heteroatoms. The molecule has 0 unspecified atom stereocenters. The van der Waals surface area contributed by atoms with Crippen LogP contribution >= 0.6 is 62.2 Å². The third-order valence-corrected chi connectivity index (χ3v) is 8.08. The molecule has 4 aromatic rings. The molecule has 0 saturated heterocycles. The number of nitrogens with one attached hydrogen (secondary N) is 1. The fourth-order valence-electron chi connectivity index (χ4n) is 3.05. The van der Waals surface area contributed by atoms with E-state index < -0.39 is 0 Å². The quantitative estimate of drug-likeness (QED) is 0.113. The Kier molecular flexibility index (Phi) is 9.81. The molecule has 1 amide bonds. The highest BCUT2D eigenvalue weighted by Gasteiger charge is 2.13. The predicted molar refractivity (Wildman–Crippen MR) is 153 cm³/mol. The van der Waals surface area contributed by atoms with Gasteiger partial charge < -0.3 is 9.47 Å². The van der Waals surface area contributed by atoms with E-state index in [2.05, 4.69) is 36.7 Å². The third kappa shape index (κ3) is 7.68. The molecular formula is C25H19BrCl2N4O3S2. The molecule has 0 atom stereocenters. The summed E-state index contributed by atoms with van der Waals surface area (Å²) in [6, 6.07) is 18.5. The number of carbonyl (C=O) groups is 1. The van der Waals surface area contributed by atoms with E-state index in [0.717, 1.165) is 16.1 Å². The number of nitrogens with zero attached hydrogens (tertiary/aromatic N) is 3. The molecular weight excluding hydrogens is 619 g/mol. The minimum absolute atomic E-state index is 0.161. The summed E-state index contributed by atoms with van der Waals surface area (Å²) in [5.41, 5.74) is 5.00. The van der Waals surface area contributed by atoms with Crippen molar-refractivity contribution in [2.24, 2.45) is 5.10 Å².